The summed E-state index contributed by atoms with van der Waals surface area (Å²) in [7, 11) is 1.66. The topological polar surface area (TPSA) is 61.8 Å². The monoisotopic (exact) mass is 477 g/mol. The first-order chi connectivity index (χ1) is 16.7. The Bertz CT molecular complexity index is 1100. The van der Waals surface area contributed by atoms with E-state index in [1.807, 2.05) is 52.9 Å². The lowest BCUT2D eigenvalue weighted by molar-refractivity contribution is 0.0632. The van der Waals surface area contributed by atoms with Crippen molar-refractivity contribution in [2.45, 2.75) is 12.8 Å². The van der Waals surface area contributed by atoms with Gasteiger partial charge in [-0.3, -0.25) is 9.69 Å². The largest absolute Gasteiger partial charge is 0.496 e. The summed E-state index contributed by atoms with van der Waals surface area (Å²) in [5.41, 5.74) is 1.46. The molecule has 1 unspecified atom stereocenters. The summed E-state index contributed by atoms with van der Waals surface area (Å²) in [6, 6.07) is 13.9. The molecule has 2 aliphatic heterocycles. The number of para-hydroxylation sites is 1. The molecular formula is C26H31N5O2S. The van der Waals surface area contributed by atoms with Gasteiger partial charge in [0.1, 0.15) is 22.3 Å². The molecule has 1 amide bonds. The van der Waals surface area contributed by atoms with E-state index >= 15 is 0 Å². The molecule has 2 saturated heterocycles. The molecule has 8 heteroatoms. The molecule has 0 saturated carbocycles. The lowest BCUT2D eigenvalue weighted by Crippen LogP contribution is -2.50. The summed E-state index contributed by atoms with van der Waals surface area (Å²) in [5, 5.41) is 2.70. The first kappa shape index (κ1) is 22.8. The van der Waals surface area contributed by atoms with E-state index in [2.05, 4.69) is 25.8 Å². The summed E-state index contributed by atoms with van der Waals surface area (Å²) >= 11 is 1.50. The Morgan fingerprint density at radius 1 is 1.09 bits per heavy atom. The molecule has 5 rings (SSSR count). The maximum absolute atomic E-state index is 13.2. The fourth-order valence-corrected chi connectivity index (χ4v) is 5.77. The minimum absolute atomic E-state index is 0.0436. The Morgan fingerprint density at radius 2 is 1.91 bits per heavy atom. The van der Waals surface area contributed by atoms with Crippen molar-refractivity contribution in [1.82, 2.24) is 19.8 Å². The van der Waals surface area contributed by atoms with Gasteiger partial charge < -0.3 is 14.5 Å². The number of nitrogens with zero attached hydrogens (tertiary/aromatic N) is 5. The van der Waals surface area contributed by atoms with Gasteiger partial charge in [0.05, 0.1) is 12.7 Å². The van der Waals surface area contributed by atoms with Crippen LogP contribution in [0.25, 0.3) is 10.6 Å². The van der Waals surface area contributed by atoms with Crippen LogP contribution in [0, 0.1) is 5.92 Å². The van der Waals surface area contributed by atoms with Crippen molar-refractivity contribution in [3.8, 4) is 16.3 Å². The van der Waals surface area contributed by atoms with Crippen molar-refractivity contribution in [3.63, 3.8) is 0 Å². The molecule has 0 N–H and O–H groups in total. The molecule has 0 spiro atoms. The number of amides is 1. The van der Waals surface area contributed by atoms with Crippen LogP contribution in [0.1, 0.15) is 23.3 Å². The van der Waals surface area contributed by atoms with Gasteiger partial charge in [0.2, 0.25) is 0 Å². The number of ether oxygens (including phenoxy) is 1. The number of aromatic nitrogens is 2. The highest BCUT2D eigenvalue weighted by Crippen LogP contribution is 2.32. The zero-order valence-corrected chi connectivity index (χ0v) is 20.4. The first-order valence-electron chi connectivity index (χ1n) is 12.0. The number of likely N-dealkylation sites (tertiary alicyclic amines) is 1. The van der Waals surface area contributed by atoms with Crippen LogP contribution in [0.5, 0.6) is 5.75 Å². The van der Waals surface area contributed by atoms with Crippen molar-refractivity contribution in [3.05, 3.63) is 59.7 Å². The molecule has 2 fully saturated rings. The first-order valence-corrected chi connectivity index (χ1v) is 12.9. The number of piperazine rings is 1. The van der Waals surface area contributed by atoms with E-state index in [9.17, 15) is 4.79 Å². The molecule has 2 aliphatic rings. The van der Waals surface area contributed by atoms with Gasteiger partial charge in [-0.15, -0.1) is 11.3 Å². The standard InChI is InChI=1S/C26H31N5O2S/c1-33-23-9-3-2-8-21(23)25-28-22(19-34-25)26(32)31-12-6-7-20(18-31)17-29-13-15-30(16-14-29)24-10-4-5-11-27-24/h2-5,8-11,19-20H,6-7,12-18H2,1H3. The smallest absolute Gasteiger partial charge is 0.273 e. The summed E-state index contributed by atoms with van der Waals surface area (Å²) in [4.78, 5) is 29.3. The fraction of sp³-hybridized carbons (Fsp3) is 0.423. The van der Waals surface area contributed by atoms with E-state index in [1.165, 1.54) is 17.8 Å². The average molecular weight is 478 g/mol. The van der Waals surface area contributed by atoms with Crippen LogP contribution < -0.4 is 9.64 Å². The molecule has 7 nitrogen and oxygen atoms in total. The third-order valence-corrected chi connectivity index (χ3v) is 7.60. The van der Waals surface area contributed by atoms with E-state index < -0.39 is 0 Å². The van der Waals surface area contributed by atoms with Crippen LogP contribution in [-0.2, 0) is 0 Å². The number of carbonyl (C=O) groups is 1. The van der Waals surface area contributed by atoms with E-state index in [0.29, 0.717) is 11.6 Å². The maximum atomic E-state index is 13.2. The molecule has 2 aromatic heterocycles. The van der Waals surface area contributed by atoms with E-state index in [0.717, 1.165) is 74.4 Å². The average Bonchev–Trinajstić information content (AvgIpc) is 3.39. The zero-order chi connectivity index (χ0) is 23.3. The van der Waals surface area contributed by atoms with Crippen molar-refractivity contribution in [2.75, 3.05) is 57.8 Å². The molecule has 0 bridgehead atoms. The number of thiazole rings is 1. The van der Waals surface area contributed by atoms with Gasteiger partial charge in [0.15, 0.2) is 0 Å². The quantitative estimate of drug-likeness (QED) is 0.537. The normalized spacial score (nSPS) is 19.3. The number of benzene rings is 1. The Kier molecular flexibility index (Phi) is 7.06. The number of methoxy groups -OCH3 is 1. The Morgan fingerprint density at radius 3 is 2.71 bits per heavy atom. The third-order valence-electron chi connectivity index (χ3n) is 6.73. The molecular weight excluding hydrogens is 446 g/mol. The van der Waals surface area contributed by atoms with Gasteiger partial charge in [-0.25, -0.2) is 9.97 Å². The predicted octanol–water partition coefficient (Wildman–Crippen LogP) is 3.89. The van der Waals surface area contributed by atoms with Crippen molar-refractivity contribution in [2.24, 2.45) is 5.92 Å². The SMILES string of the molecule is COc1ccccc1-c1nc(C(=O)N2CCCC(CN3CCN(c4ccccn4)CC3)C2)cs1. The van der Waals surface area contributed by atoms with Crippen LogP contribution >= 0.6 is 11.3 Å². The maximum Gasteiger partial charge on any atom is 0.273 e. The number of hydrogen-bond donors (Lipinski definition) is 0. The van der Waals surface area contributed by atoms with Crippen molar-refractivity contribution < 1.29 is 9.53 Å². The minimum Gasteiger partial charge on any atom is -0.496 e. The fourth-order valence-electron chi connectivity index (χ4n) is 4.94. The Labute approximate surface area is 205 Å². The number of piperidine rings is 1. The molecule has 0 radical (unpaired) electrons. The van der Waals surface area contributed by atoms with Gasteiger partial charge >= 0.3 is 0 Å². The highest BCUT2D eigenvalue weighted by atomic mass is 32.1. The summed E-state index contributed by atoms with van der Waals surface area (Å²) in [6.45, 7) is 6.73. The molecule has 0 aliphatic carbocycles. The summed E-state index contributed by atoms with van der Waals surface area (Å²) in [6.07, 6.45) is 4.08. The molecule has 34 heavy (non-hydrogen) atoms. The van der Waals surface area contributed by atoms with E-state index in [4.69, 9.17) is 4.74 Å². The second-order valence-electron chi connectivity index (χ2n) is 8.97. The highest BCUT2D eigenvalue weighted by Gasteiger charge is 2.28. The molecule has 4 heterocycles. The number of carbonyl (C=O) groups excluding carboxylic acids is 1. The third kappa shape index (κ3) is 5.08. The predicted molar refractivity (Wildman–Crippen MR) is 136 cm³/mol. The number of hydrogen-bond acceptors (Lipinski definition) is 7. The molecule has 1 atom stereocenters. The lowest BCUT2D eigenvalue weighted by Gasteiger charge is -2.39. The Balaban J connectivity index is 1.17. The van der Waals surface area contributed by atoms with Crippen LogP contribution in [0.3, 0.4) is 0 Å². The highest BCUT2D eigenvalue weighted by molar-refractivity contribution is 7.13. The number of pyridine rings is 1. The van der Waals surface area contributed by atoms with Crippen LogP contribution in [0.15, 0.2) is 54.0 Å². The van der Waals surface area contributed by atoms with Crippen molar-refractivity contribution in [1.29, 1.82) is 0 Å². The lowest BCUT2D eigenvalue weighted by atomic mass is 9.97. The summed E-state index contributed by atoms with van der Waals surface area (Å²) in [5.74, 6) is 2.39. The van der Waals surface area contributed by atoms with Gasteiger partial charge in [0.25, 0.3) is 5.91 Å². The molecule has 1 aromatic carbocycles. The van der Waals surface area contributed by atoms with Crippen LogP contribution in [-0.4, -0.2) is 78.6 Å². The van der Waals surface area contributed by atoms with Crippen molar-refractivity contribution >= 4 is 23.1 Å². The second-order valence-corrected chi connectivity index (χ2v) is 9.83. The van der Waals surface area contributed by atoms with Gasteiger partial charge in [-0.2, -0.15) is 0 Å². The van der Waals surface area contributed by atoms with E-state index in [1.54, 1.807) is 7.11 Å². The van der Waals surface area contributed by atoms with Crippen LogP contribution in [0.4, 0.5) is 5.82 Å². The van der Waals surface area contributed by atoms with Crippen LogP contribution in [0.2, 0.25) is 0 Å². The molecule has 178 valence electrons. The molecule has 3 aromatic rings. The second kappa shape index (κ2) is 10.5. The minimum atomic E-state index is 0.0436. The van der Waals surface area contributed by atoms with E-state index in [-0.39, 0.29) is 5.91 Å². The number of anilines is 1. The number of rotatable bonds is 6. The summed E-state index contributed by atoms with van der Waals surface area (Å²) < 4.78 is 5.46. The van der Waals surface area contributed by atoms with Gasteiger partial charge in [-0.1, -0.05) is 18.2 Å². The van der Waals surface area contributed by atoms with Gasteiger partial charge in [0, 0.05) is 57.4 Å². The zero-order valence-electron chi connectivity index (χ0n) is 19.6. The van der Waals surface area contributed by atoms with Gasteiger partial charge in [-0.05, 0) is 43.0 Å². The Hall–Kier alpha value is -2.97.